The lowest BCUT2D eigenvalue weighted by Crippen LogP contribution is -2.51. The van der Waals surface area contributed by atoms with E-state index < -0.39 is 0 Å². The van der Waals surface area contributed by atoms with Crippen LogP contribution in [0.5, 0.6) is 0 Å². The van der Waals surface area contributed by atoms with Gasteiger partial charge in [-0.2, -0.15) is 5.17 Å². The fraction of sp³-hybridized carbons (Fsp3) is 0.778. The van der Waals surface area contributed by atoms with Gasteiger partial charge in [-0.25, -0.2) is 0 Å². The fourth-order valence-electron chi connectivity index (χ4n) is 1.33. The van der Waals surface area contributed by atoms with E-state index in [1.54, 1.807) is 10.3 Å². The molecule has 0 aromatic heterocycles. The zero-order valence-electron chi connectivity index (χ0n) is 9.40. The van der Waals surface area contributed by atoms with Crippen LogP contribution in [0, 0.1) is 0 Å². The van der Waals surface area contributed by atoms with Gasteiger partial charge >= 0.3 is 0 Å². The van der Waals surface area contributed by atoms with Crippen LogP contribution >= 0.6 is 0 Å². The van der Waals surface area contributed by atoms with Crippen LogP contribution in [0.1, 0.15) is 20.3 Å². The summed E-state index contributed by atoms with van der Waals surface area (Å²) in [7, 11) is 0. The van der Waals surface area contributed by atoms with Gasteiger partial charge in [0.1, 0.15) is 0 Å². The van der Waals surface area contributed by atoms with Gasteiger partial charge in [0.25, 0.3) is 0 Å². The molecule has 6 nitrogen and oxygen atoms in total. The molecule has 0 atom stereocenters. The summed E-state index contributed by atoms with van der Waals surface area (Å²) in [5.41, 5.74) is 9.65. The number of rotatable bonds is 6. The Labute approximate surface area is 90.4 Å². The highest BCUT2D eigenvalue weighted by atomic mass is 16.8. The molecule has 0 saturated carbocycles. The molecule has 1 aliphatic heterocycles. The Hall–Kier alpha value is -0.660. The zero-order valence-corrected chi connectivity index (χ0v) is 9.40. The van der Waals surface area contributed by atoms with E-state index >= 15 is 0 Å². The van der Waals surface area contributed by atoms with Gasteiger partial charge in [-0.15, -0.1) is 5.53 Å². The highest BCUT2D eigenvalue weighted by molar-refractivity contribution is 5.03. The van der Waals surface area contributed by atoms with Crippen LogP contribution in [0.2, 0.25) is 0 Å². The first-order valence-electron chi connectivity index (χ1n) is 5.28. The van der Waals surface area contributed by atoms with Crippen molar-refractivity contribution < 1.29 is 9.68 Å². The average molecular weight is 216 g/mol. The minimum Gasteiger partial charge on any atom is -0.330 e. The maximum Gasteiger partial charge on any atom is 0.0738 e. The van der Waals surface area contributed by atoms with Crippen molar-refractivity contribution in [3.05, 3.63) is 11.8 Å². The molecule has 0 amide bonds. The minimum absolute atomic E-state index is 0.597. The summed E-state index contributed by atoms with van der Waals surface area (Å²) < 4.78 is 0. The van der Waals surface area contributed by atoms with Crippen molar-refractivity contribution >= 4 is 0 Å². The summed E-state index contributed by atoms with van der Waals surface area (Å²) in [6.45, 7) is 6.41. The third-order valence-corrected chi connectivity index (χ3v) is 1.88. The van der Waals surface area contributed by atoms with Crippen LogP contribution in [0.25, 0.3) is 0 Å². The second kappa shape index (κ2) is 6.76. The number of hydroxylamine groups is 2. The molecule has 0 aromatic rings. The molecule has 3 N–H and O–H groups in total. The van der Waals surface area contributed by atoms with Gasteiger partial charge in [0.05, 0.1) is 19.8 Å². The van der Waals surface area contributed by atoms with Crippen molar-refractivity contribution in [2.24, 2.45) is 5.73 Å². The molecule has 0 aromatic carbocycles. The molecule has 0 fully saturated rings. The summed E-state index contributed by atoms with van der Waals surface area (Å²) in [5.74, 6) is 0. The molecule has 15 heavy (non-hydrogen) atoms. The van der Waals surface area contributed by atoms with Gasteiger partial charge in [0.15, 0.2) is 0 Å². The van der Waals surface area contributed by atoms with E-state index in [4.69, 9.17) is 15.4 Å². The van der Waals surface area contributed by atoms with Gasteiger partial charge in [-0.3, -0.25) is 9.68 Å². The minimum atomic E-state index is 0.597. The van der Waals surface area contributed by atoms with E-state index in [-0.39, 0.29) is 0 Å². The summed E-state index contributed by atoms with van der Waals surface area (Å²) >= 11 is 0. The van der Waals surface area contributed by atoms with Crippen molar-refractivity contribution in [1.29, 1.82) is 0 Å². The van der Waals surface area contributed by atoms with Crippen molar-refractivity contribution in [2.45, 2.75) is 20.3 Å². The highest BCUT2D eigenvalue weighted by Crippen LogP contribution is 2.10. The fourth-order valence-corrected chi connectivity index (χ4v) is 1.33. The normalized spacial score (nSPS) is 18.1. The number of nitrogens with one attached hydrogen (secondary N) is 1. The van der Waals surface area contributed by atoms with E-state index in [1.807, 2.05) is 20.0 Å². The van der Waals surface area contributed by atoms with Crippen LogP contribution in [0.15, 0.2) is 11.8 Å². The average Bonchev–Trinajstić information content (AvgIpc) is 2.19. The molecule has 0 spiro atoms. The standard InChI is InChI=1S/C9H20N4O2/c1-3-14-12-7-9(5-6-10)8-13(11-12)15-4-2/h7,11H,3-6,8,10H2,1-2H3. The second-order valence-corrected chi connectivity index (χ2v) is 3.12. The molecule has 1 rings (SSSR count). The number of nitrogens with zero attached hydrogens (tertiary/aromatic N) is 2. The summed E-state index contributed by atoms with van der Waals surface area (Å²) in [6, 6.07) is 0. The van der Waals surface area contributed by atoms with Crippen molar-refractivity contribution in [3.8, 4) is 0 Å². The predicted molar refractivity (Wildman–Crippen MR) is 56.7 cm³/mol. The van der Waals surface area contributed by atoms with Crippen LogP contribution in [-0.2, 0) is 9.68 Å². The van der Waals surface area contributed by atoms with Crippen molar-refractivity contribution in [2.75, 3.05) is 26.3 Å². The number of hydrogen-bond acceptors (Lipinski definition) is 6. The van der Waals surface area contributed by atoms with Crippen LogP contribution in [-0.4, -0.2) is 36.6 Å². The third kappa shape index (κ3) is 4.15. The Morgan fingerprint density at radius 2 is 2.13 bits per heavy atom. The highest BCUT2D eigenvalue weighted by Gasteiger charge is 2.17. The molecule has 0 saturated heterocycles. The van der Waals surface area contributed by atoms with Gasteiger partial charge in [0.2, 0.25) is 0 Å². The molecule has 0 radical (unpaired) electrons. The monoisotopic (exact) mass is 216 g/mol. The molecular weight excluding hydrogens is 196 g/mol. The molecule has 1 aliphatic rings. The van der Waals surface area contributed by atoms with E-state index in [0.717, 1.165) is 6.42 Å². The van der Waals surface area contributed by atoms with Gasteiger partial charge < -0.3 is 5.73 Å². The maximum absolute atomic E-state index is 5.52. The lowest BCUT2D eigenvalue weighted by Gasteiger charge is -2.33. The molecule has 0 aliphatic carbocycles. The molecule has 0 bridgehead atoms. The Kier molecular flexibility index (Phi) is 5.59. The van der Waals surface area contributed by atoms with Gasteiger partial charge in [-0.05, 0) is 32.4 Å². The SMILES string of the molecule is CCON1C=C(CCN)CN(OCC)N1. The Balaban J connectivity index is 2.53. The van der Waals surface area contributed by atoms with Crippen molar-refractivity contribution in [1.82, 2.24) is 15.9 Å². The largest absolute Gasteiger partial charge is 0.330 e. The smallest absolute Gasteiger partial charge is 0.0738 e. The second-order valence-electron chi connectivity index (χ2n) is 3.12. The lowest BCUT2D eigenvalue weighted by atomic mass is 10.2. The first-order valence-corrected chi connectivity index (χ1v) is 5.28. The first-order chi connectivity index (χ1) is 7.30. The summed E-state index contributed by atoms with van der Waals surface area (Å²) in [6.07, 6.45) is 2.75. The van der Waals surface area contributed by atoms with E-state index in [9.17, 15) is 0 Å². The van der Waals surface area contributed by atoms with Crippen LogP contribution in [0.4, 0.5) is 0 Å². The predicted octanol–water partition coefficient (Wildman–Crippen LogP) is 0.159. The number of nitrogens with two attached hydrogens (primary N) is 1. The van der Waals surface area contributed by atoms with Gasteiger partial charge in [-0.1, -0.05) is 5.17 Å². The first kappa shape index (κ1) is 12.4. The van der Waals surface area contributed by atoms with E-state index in [1.165, 1.54) is 5.57 Å². The van der Waals surface area contributed by atoms with Crippen LogP contribution < -0.4 is 11.3 Å². The maximum atomic E-state index is 5.52. The molecule has 88 valence electrons. The Morgan fingerprint density at radius 3 is 2.73 bits per heavy atom. The van der Waals surface area contributed by atoms with Crippen molar-refractivity contribution in [3.63, 3.8) is 0 Å². The molecular formula is C9H20N4O2. The Morgan fingerprint density at radius 1 is 1.40 bits per heavy atom. The van der Waals surface area contributed by atoms with E-state index in [0.29, 0.717) is 26.3 Å². The quantitative estimate of drug-likeness (QED) is 0.659. The summed E-state index contributed by atoms with van der Waals surface area (Å²) in [4.78, 5) is 10.7. The topological polar surface area (TPSA) is 63.0 Å². The van der Waals surface area contributed by atoms with Crippen LogP contribution in [0.3, 0.4) is 0 Å². The number of hydrogen-bond donors (Lipinski definition) is 2. The summed E-state index contributed by atoms with van der Waals surface area (Å²) in [5, 5.41) is 3.19. The Bertz CT molecular complexity index is 210. The molecule has 1 heterocycles. The molecule has 6 heteroatoms. The zero-order chi connectivity index (χ0) is 11.1. The molecule has 0 unspecified atom stereocenters. The lowest BCUT2D eigenvalue weighted by molar-refractivity contribution is -0.298. The van der Waals surface area contributed by atoms with E-state index in [2.05, 4.69) is 5.53 Å². The number of hydrazine groups is 2. The van der Waals surface area contributed by atoms with Gasteiger partial charge in [0, 0.05) is 6.20 Å². The third-order valence-electron chi connectivity index (χ3n) is 1.88.